The van der Waals surface area contributed by atoms with Crippen molar-refractivity contribution >= 4 is 23.2 Å². The number of aliphatic hydroxyl groups is 1. The van der Waals surface area contributed by atoms with Gasteiger partial charge in [0.15, 0.2) is 0 Å². The fourth-order valence-corrected chi connectivity index (χ4v) is 2.96. The van der Waals surface area contributed by atoms with Crippen LogP contribution in [0, 0.1) is 11.7 Å². The molecule has 2 N–H and O–H groups in total. The van der Waals surface area contributed by atoms with Crippen LogP contribution in [-0.2, 0) is 4.79 Å². The number of likely N-dealkylation sites (N-methyl/N-ethyl adjacent to an activating group) is 1. The van der Waals surface area contributed by atoms with Crippen LogP contribution in [0.1, 0.15) is 26.2 Å². The zero-order valence-corrected chi connectivity index (χ0v) is 13.6. The Morgan fingerprint density at radius 1 is 1.55 bits per heavy atom. The number of hydrogen-bond acceptors (Lipinski definition) is 3. The van der Waals surface area contributed by atoms with Crippen LogP contribution in [0.3, 0.4) is 0 Å². The molecule has 0 aliphatic heterocycles. The van der Waals surface area contributed by atoms with Gasteiger partial charge in [-0.05, 0) is 50.9 Å². The minimum Gasteiger partial charge on any atom is -0.393 e. The monoisotopic (exact) mass is 328 g/mol. The van der Waals surface area contributed by atoms with Crippen molar-refractivity contribution in [3.05, 3.63) is 29.0 Å². The lowest BCUT2D eigenvalue weighted by Gasteiger charge is -2.28. The molecule has 1 amide bonds. The van der Waals surface area contributed by atoms with E-state index in [1.54, 1.807) is 6.92 Å². The van der Waals surface area contributed by atoms with Crippen LogP contribution in [0.2, 0.25) is 5.02 Å². The summed E-state index contributed by atoms with van der Waals surface area (Å²) in [6, 6.07) is 3.62. The number of anilines is 1. The number of rotatable bonds is 5. The molecule has 1 aromatic rings. The molecule has 22 heavy (non-hydrogen) atoms. The van der Waals surface area contributed by atoms with Crippen molar-refractivity contribution in [1.82, 2.24) is 4.90 Å². The third-order valence-corrected chi connectivity index (χ3v) is 4.60. The maximum Gasteiger partial charge on any atom is 0.241 e. The number of benzene rings is 1. The Morgan fingerprint density at radius 3 is 2.91 bits per heavy atom. The third kappa shape index (κ3) is 4.18. The summed E-state index contributed by atoms with van der Waals surface area (Å²) in [4.78, 5) is 14.1. The Balaban J connectivity index is 1.94. The molecule has 0 aromatic heterocycles. The number of nitrogens with one attached hydrogen (secondary N) is 1. The van der Waals surface area contributed by atoms with E-state index < -0.39 is 11.9 Å². The maximum absolute atomic E-state index is 13.7. The zero-order chi connectivity index (χ0) is 16.3. The van der Waals surface area contributed by atoms with E-state index in [1.807, 2.05) is 11.9 Å². The highest BCUT2D eigenvalue weighted by Gasteiger charge is 2.29. The summed E-state index contributed by atoms with van der Waals surface area (Å²) in [6.07, 6.45) is 2.53. The predicted molar refractivity (Wildman–Crippen MR) is 85.5 cm³/mol. The van der Waals surface area contributed by atoms with Crippen molar-refractivity contribution in [1.29, 1.82) is 0 Å². The number of amides is 1. The fourth-order valence-electron chi connectivity index (χ4n) is 2.79. The quantitative estimate of drug-likeness (QED) is 0.874. The Bertz CT molecular complexity index is 541. The van der Waals surface area contributed by atoms with Crippen molar-refractivity contribution in [2.45, 2.75) is 38.3 Å². The summed E-state index contributed by atoms with van der Waals surface area (Å²) in [6.45, 7) is 2.41. The number of aliphatic hydroxyl groups excluding tert-OH is 1. The minimum absolute atomic E-state index is 0.0821. The van der Waals surface area contributed by atoms with Gasteiger partial charge in [-0.1, -0.05) is 18.0 Å². The van der Waals surface area contributed by atoms with E-state index in [4.69, 9.17) is 11.6 Å². The van der Waals surface area contributed by atoms with E-state index in [2.05, 4.69) is 5.32 Å². The van der Waals surface area contributed by atoms with Gasteiger partial charge in [0.2, 0.25) is 5.91 Å². The van der Waals surface area contributed by atoms with Gasteiger partial charge in [-0.15, -0.1) is 0 Å². The average molecular weight is 329 g/mol. The molecule has 3 unspecified atom stereocenters. The molecule has 1 aliphatic carbocycles. The van der Waals surface area contributed by atoms with Crippen molar-refractivity contribution in [3.63, 3.8) is 0 Å². The van der Waals surface area contributed by atoms with E-state index in [1.165, 1.54) is 18.2 Å². The average Bonchev–Trinajstić information content (AvgIpc) is 2.87. The molecule has 1 saturated carbocycles. The van der Waals surface area contributed by atoms with Crippen molar-refractivity contribution in [2.24, 2.45) is 5.92 Å². The molecule has 0 spiro atoms. The molecule has 1 fully saturated rings. The summed E-state index contributed by atoms with van der Waals surface area (Å²) in [5.74, 6) is -0.613. The third-order valence-electron chi connectivity index (χ3n) is 4.37. The standard InChI is InChI=1S/C16H22ClFN2O2/c1-10(20(2)9-11-4-3-5-15(11)21)16(22)19-14-8-12(17)6-7-13(14)18/h6-8,10-11,15,21H,3-5,9H2,1-2H3,(H,19,22). The summed E-state index contributed by atoms with van der Waals surface area (Å²) in [5, 5.41) is 12.8. The molecule has 0 bridgehead atoms. The maximum atomic E-state index is 13.7. The summed E-state index contributed by atoms with van der Waals surface area (Å²) in [7, 11) is 1.84. The van der Waals surface area contributed by atoms with Crippen LogP contribution in [0.25, 0.3) is 0 Å². The van der Waals surface area contributed by atoms with Crippen LogP contribution in [0.5, 0.6) is 0 Å². The van der Waals surface area contributed by atoms with Crippen LogP contribution in [0.15, 0.2) is 18.2 Å². The number of carbonyl (C=O) groups excluding carboxylic acids is 1. The lowest BCUT2D eigenvalue weighted by atomic mass is 10.0. The summed E-state index contributed by atoms with van der Waals surface area (Å²) < 4.78 is 13.7. The molecule has 4 nitrogen and oxygen atoms in total. The van der Waals surface area contributed by atoms with E-state index in [0.717, 1.165) is 19.3 Å². The molecular formula is C16H22ClFN2O2. The van der Waals surface area contributed by atoms with Crippen LogP contribution in [-0.4, -0.2) is 41.7 Å². The predicted octanol–water partition coefficient (Wildman–Crippen LogP) is 2.90. The fraction of sp³-hybridized carbons (Fsp3) is 0.562. The molecule has 6 heteroatoms. The summed E-state index contributed by atoms with van der Waals surface area (Å²) >= 11 is 5.82. The van der Waals surface area contributed by atoms with Crippen molar-refractivity contribution < 1.29 is 14.3 Å². The highest BCUT2D eigenvalue weighted by molar-refractivity contribution is 6.30. The van der Waals surface area contributed by atoms with Gasteiger partial charge in [0.05, 0.1) is 17.8 Å². The Morgan fingerprint density at radius 2 is 2.27 bits per heavy atom. The number of carbonyl (C=O) groups is 1. The molecule has 0 radical (unpaired) electrons. The van der Waals surface area contributed by atoms with Crippen LogP contribution < -0.4 is 5.32 Å². The zero-order valence-electron chi connectivity index (χ0n) is 12.9. The van der Waals surface area contributed by atoms with E-state index in [0.29, 0.717) is 11.6 Å². The first-order chi connectivity index (χ1) is 10.4. The van der Waals surface area contributed by atoms with Gasteiger partial charge in [-0.25, -0.2) is 4.39 Å². The Labute approximate surface area is 135 Å². The van der Waals surface area contributed by atoms with E-state index in [9.17, 15) is 14.3 Å². The normalized spacial score (nSPS) is 22.8. The van der Waals surface area contributed by atoms with Gasteiger partial charge in [0.1, 0.15) is 5.82 Å². The summed E-state index contributed by atoms with van der Waals surface area (Å²) in [5.41, 5.74) is 0.0821. The van der Waals surface area contributed by atoms with Gasteiger partial charge in [0, 0.05) is 11.6 Å². The van der Waals surface area contributed by atoms with Gasteiger partial charge >= 0.3 is 0 Å². The Kier molecular flexibility index (Phi) is 5.78. The molecular weight excluding hydrogens is 307 g/mol. The molecule has 0 heterocycles. The van der Waals surface area contributed by atoms with E-state index >= 15 is 0 Å². The lowest BCUT2D eigenvalue weighted by Crippen LogP contribution is -2.43. The molecule has 1 aliphatic rings. The SMILES string of the molecule is CC(C(=O)Nc1cc(Cl)ccc1F)N(C)CC1CCCC1O. The molecule has 3 atom stereocenters. The molecule has 122 valence electrons. The highest BCUT2D eigenvalue weighted by Crippen LogP contribution is 2.26. The minimum atomic E-state index is -0.515. The number of hydrogen-bond donors (Lipinski definition) is 2. The number of nitrogens with zero attached hydrogens (tertiary/aromatic N) is 1. The molecule has 2 rings (SSSR count). The smallest absolute Gasteiger partial charge is 0.241 e. The largest absolute Gasteiger partial charge is 0.393 e. The Hall–Kier alpha value is -1.17. The second-order valence-corrected chi connectivity index (χ2v) is 6.42. The first kappa shape index (κ1) is 17.2. The second-order valence-electron chi connectivity index (χ2n) is 5.99. The second kappa shape index (κ2) is 7.40. The molecule has 0 saturated heterocycles. The molecule has 1 aromatic carbocycles. The topological polar surface area (TPSA) is 52.6 Å². The van der Waals surface area contributed by atoms with Gasteiger partial charge in [0.25, 0.3) is 0 Å². The van der Waals surface area contributed by atoms with Gasteiger partial charge < -0.3 is 10.4 Å². The first-order valence-corrected chi connectivity index (χ1v) is 7.90. The van der Waals surface area contributed by atoms with Crippen LogP contribution in [0.4, 0.5) is 10.1 Å². The van der Waals surface area contributed by atoms with Gasteiger partial charge in [-0.2, -0.15) is 0 Å². The number of halogens is 2. The van der Waals surface area contributed by atoms with Gasteiger partial charge in [-0.3, -0.25) is 9.69 Å². The lowest BCUT2D eigenvalue weighted by molar-refractivity contribution is -0.120. The van der Waals surface area contributed by atoms with E-state index in [-0.39, 0.29) is 23.6 Å². The first-order valence-electron chi connectivity index (χ1n) is 7.52. The van der Waals surface area contributed by atoms with Crippen molar-refractivity contribution in [3.8, 4) is 0 Å². The van der Waals surface area contributed by atoms with Crippen LogP contribution >= 0.6 is 11.6 Å². The van der Waals surface area contributed by atoms with Crippen molar-refractivity contribution in [2.75, 3.05) is 18.9 Å². The highest BCUT2D eigenvalue weighted by atomic mass is 35.5.